The first-order chi connectivity index (χ1) is 9.79. The van der Waals surface area contributed by atoms with Crippen molar-refractivity contribution < 1.29 is 4.74 Å². The molecule has 2 fully saturated rings. The largest absolute Gasteiger partial charge is 0.375 e. The van der Waals surface area contributed by atoms with E-state index in [2.05, 4.69) is 21.7 Å². The Labute approximate surface area is 124 Å². The van der Waals surface area contributed by atoms with Gasteiger partial charge in [-0.3, -0.25) is 4.90 Å². The van der Waals surface area contributed by atoms with E-state index in [1.165, 1.54) is 41.9 Å². The first-order valence-electron chi connectivity index (χ1n) is 7.53. The minimum atomic E-state index is 0.737. The van der Waals surface area contributed by atoms with Gasteiger partial charge in [-0.2, -0.15) is 0 Å². The Morgan fingerprint density at radius 3 is 2.75 bits per heavy atom. The fourth-order valence-corrected chi connectivity index (χ4v) is 4.24. The second kappa shape index (κ2) is 5.26. The lowest BCUT2D eigenvalue weighted by atomic mass is 10.1. The van der Waals surface area contributed by atoms with Gasteiger partial charge in [-0.25, -0.2) is 4.98 Å². The van der Waals surface area contributed by atoms with Crippen LogP contribution in [0.2, 0.25) is 0 Å². The molecule has 0 radical (unpaired) electrons. The molecule has 0 saturated carbocycles. The van der Waals surface area contributed by atoms with Crippen molar-refractivity contribution in [3.8, 4) is 0 Å². The van der Waals surface area contributed by atoms with E-state index in [0.717, 1.165) is 38.8 Å². The molecule has 2 saturated heterocycles. The van der Waals surface area contributed by atoms with Crippen molar-refractivity contribution in [2.45, 2.75) is 19.1 Å². The molecule has 110 valence electrons. The highest BCUT2D eigenvalue weighted by Crippen LogP contribution is 2.33. The Hall–Kier alpha value is -0.690. The summed E-state index contributed by atoms with van der Waals surface area (Å²) in [5, 5.41) is 1.21. The van der Waals surface area contributed by atoms with Gasteiger partial charge in [0, 0.05) is 51.7 Å². The normalized spacial score (nSPS) is 25.6. The third-order valence-electron chi connectivity index (χ3n) is 4.67. The van der Waals surface area contributed by atoms with Gasteiger partial charge in [0.2, 0.25) is 0 Å². The van der Waals surface area contributed by atoms with E-state index < -0.39 is 0 Å². The van der Waals surface area contributed by atoms with Crippen molar-refractivity contribution >= 4 is 16.5 Å². The van der Waals surface area contributed by atoms with E-state index in [0.29, 0.717) is 0 Å². The highest BCUT2D eigenvalue weighted by atomic mass is 32.1. The second-order valence-corrected chi connectivity index (χ2v) is 7.13. The van der Waals surface area contributed by atoms with Crippen LogP contribution in [-0.4, -0.2) is 73.7 Å². The molecule has 0 amide bonds. The van der Waals surface area contributed by atoms with Crippen LogP contribution in [-0.2, 0) is 17.8 Å². The Bertz CT molecular complexity index is 454. The van der Waals surface area contributed by atoms with Crippen LogP contribution in [0.1, 0.15) is 10.6 Å². The first-order valence-corrected chi connectivity index (χ1v) is 8.35. The molecule has 3 aliphatic heterocycles. The monoisotopic (exact) mass is 294 g/mol. The van der Waals surface area contributed by atoms with Crippen LogP contribution in [0.15, 0.2) is 0 Å². The molecule has 1 aromatic rings. The van der Waals surface area contributed by atoms with Gasteiger partial charge in [0.1, 0.15) is 0 Å². The lowest BCUT2D eigenvalue weighted by Gasteiger charge is -2.47. The summed E-state index contributed by atoms with van der Waals surface area (Å²) in [5.41, 5.74) is 1.28. The standard InChI is InChI=1S/C14H22N4OS/c1-16-3-5-17(6-4-16)11-8-18(9-11)14-15-12-2-7-19-10-13(12)20-14/h11H,2-10H2,1H3. The fourth-order valence-electron chi connectivity index (χ4n) is 3.18. The van der Waals surface area contributed by atoms with E-state index in [4.69, 9.17) is 9.72 Å². The molecule has 6 heteroatoms. The summed E-state index contributed by atoms with van der Waals surface area (Å²) in [6.45, 7) is 8.75. The molecule has 0 N–H and O–H groups in total. The van der Waals surface area contributed by atoms with E-state index in [-0.39, 0.29) is 0 Å². The molecule has 0 unspecified atom stereocenters. The third-order valence-corrected chi connectivity index (χ3v) is 5.80. The summed E-state index contributed by atoms with van der Waals surface area (Å²) in [6.07, 6.45) is 0.988. The Balaban J connectivity index is 1.35. The van der Waals surface area contributed by atoms with E-state index in [9.17, 15) is 0 Å². The molecular formula is C14H22N4OS. The van der Waals surface area contributed by atoms with Crippen LogP contribution in [0.25, 0.3) is 0 Å². The SMILES string of the molecule is CN1CCN(C2CN(c3nc4c(s3)COCC4)C2)CC1. The number of fused-ring (bicyclic) bond motifs is 1. The summed E-state index contributed by atoms with van der Waals surface area (Å²) in [5.74, 6) is 0. The van der Waals surface area contributed by atoms with Gasteiger partial charge < -0.3 is 14.5 Å². The summed E-state index contributed by atoms with van der Waals surface area (Å²) >= 11 is 1.83. The number of nitrogens with zero attached hydrogens (tertiary/aromatic N) is 4. The number of likely N-dealkylation sites (N-methyl/N-ethyl adjacent to an activating group) is 1. The van der Waals surface area contributed by atoms with Crippen LogP contribution in [0.3, 0.4) is 0 Å². The molecule has 0 bridgehead atoms. The van der Waals surface area contributed by atoms with Crippen molar-refractivity contribution in [1.82, 2.24) is 14.8 Å². The predicted octanol–water partition coefficient (Wildman–Crippen LogP) is 0.652. The number of rotatable bonds is 2. The zero-order valence-electron chi connectivity index (χ0n) is 12.0. The number of anilines is 1. The van der Waals surface area contributed by atoms with Crippen molar-refractivity contribution in [2.24, 2.45) is 0 Å². The fraction of sp³-hybridized carbons (Fsp3) is 0.786. The Morgan fingerprint density at radius 1 is 1.20 bits per heavy atom. The Kier molecular flexibility index (Phi) is 3.42. The van der Waals surface area contributed by atoms with E-state index in [1.54, 1.807) is 0 Å². The topological polar surface area (TPSA) is 31.8 Å². The van der Waals surface area contributed by atoms with Gasteiger partial charge in [-0.15, -0.1) is 0 Å². The van der Waals surface area contributed by atoms with Crippen molar-refractivity contribution in [3.63, 3.8) is 0 Å². The smallest absolute Gasteiger partial charge is 0.185 e. The average molecular weight is 294 g/mol. The van der Waals surface area contributed by atoms with Crippen molar-refractivity contribution in [2.75, 3.05) is 57.8 Å². The molecule has 0 aliphatic carbocycles. The summed E-state index contributed by atoms with van der Waals surface area (Å²) in [4.78, 5) is 13.6. The molecule has 0 atom stereocenters. The highest BCUT2D eigenvalue weighted by Gasteiger charge is 2.35. The van der Waals surface area contributed by atoms with Crippen molar-refractivity contribution in [1.29, 1.82) is 0 Å². The minimum absolute atomic E-state index is 0.737. The van der Waals surface area contributed by atoms with Gasteiger partial charge in [0.05, 0.1) is 23.8 Å². The van der Waals surface area contributed by atoms with Crippen LogP contribution in [0.5, 0.6) is 0 Å². The van der Waals surface area contributed by atoms with Crippen LogP contribution in [0, 0.1) is 0 Å². The molecule has 5 nitrogen and oxygen atoms in total. The lowest BCUT2D eigenvalue weighted by Crippen LogP contribution is -2.63. The van der Waals surface area contributed by atoms with Crippen LogP contribution in [0.4, 0.5) is 5.13 Å². The predicted molar refractivity (Wildman–Crippen MR) is 80.5 cm³/mol. The van der Waals surface area contributed by atoms with Crippen molar-refractivity contribution in [3.05, 3.63) is 10.6 Å². The number of hydrogen-bond acceptors (Lipinski definition) is 6. The molecule has 4 rings (SSSR count). The summed E-state index contributed by atoms with van der Waals surface area (Å²) in [7, 11) is 2.21. The summed E-state index contributed by atoms with van der Waals surface area (Å²) < 4.78 is 5.51. The number of hydrogen-bond donors (Lipinski definition) is 0. The summed E-state index contributed by atoms with van der Waals surface area (Å²) in [6, 6.07) is 0.737. The number of thiazole rings is 1. The molecular weight excluding hydrogens is 272 g/mol. The van der Waals surface area contributed by atoms with Crippen LogP contribution >= 0.6 is 11.3 Å². The van der Waals surface area contributed by atoms with Gasteiger partial charge in [-0.1, -0.05) is 11.3 Å². The molecule has 20 heavy (non-hydrogen) atoms. The van der Waals surface area contributed by atoms with E-state index in [1.807, 2.05) is 11.3 Å². The Morgan fingerprint density at radius 2 is 2.00 bits per heavy atom. The maximum Gasteiger partial charge on any atom is 0.185 e. The number of aromatic nitrogens is 1. The number of piperazine rings is 1. The van der Waals surface area contributed by atoms with Gasteiger partial charge >= 0.3 is 0 Å². The zero-order chi connectivity index (χ0) is 13.5. The average Bonchev–Trinajstić information content (AvgIpc) is 2.82. The molecule has 4 heterocycles. The first kappa shape index (κ1) is 13.0. The molecule has 0 spiro atoms. The maximum absolute atomic E-state index is 5.51. The third kappa shape index (κ3) is 2.35. The van der Waals surface area contributed by atoms with Gasteiger partial charge in [-0.05, 0) is 7.05 Å². The number of ether oxygens (including phenoxy) is 1. The lowest BCUT2D eigenvalue weighted by molar-refractivity contribution is 0.0963. The quantitative estimate of drug-likeness (QED) is 0.800. The van der Waals surface area contributed by atoms with Gasteiger partial charge in [0.25, 0.3) is 0 Å². The molecule has 0 aromatic carbocycles. The molecule has 1 aromatic heterocycles. The highest BCUT2D eigenvalue weighted by molar-refractivity contribution is 7.15. The second-order valence-electron chi connectivity index (χ2n) is 6.07. The minimum Gasteiger partial charge on any atom is -0.375 e. The van der Waals surface area contributed by atoms with E-state index >= 15 is 0 Å². The zero-order valence-corrected chi connectivity index (χ0v) is 12.9. The maximum atomic E-state index is 5.51. The van der Waals surface area contributed by atoms with Gasteiger partial charge in [0.15, 0.2) is 5.13 Å². The molecule has 3 aliphatic rings. The van der Waals surface area contributed by atoms with Crippen LogP contribution < -0.4 is 4.90 Å².